The molecule has 2 aliphatic rings. The van der Waals surface area contributed by atoms with Gasteiger partial charge in [0.25, 0.3) is 0 Å². The van der Waals surface area contributed by atoms with E-state index in [9.17, 15) is 9.59 Å². The van der Waals surface area contributed by atoms with Crippen LogP contribution in [0.25, 0.3) is 0 Å². The van der Waals surface area contributed by atoms with Crippen LogP contribution in [-0.2, 0) is 16.0 Å². The average molecular weight is 304 g/mol. The number of carbonyl (C=O) groups excluding carboxylic acids is 2. The van der Waals surface area contributed by atoms with Gasteiger partial charge in [-0.25, -0.2) is 9.69 Å². The maximum Gasteiger partial charge on any atom is 0.304 e. The van der Waals surface area contributed by atoms with Crippen LogP contribution in [0.2, 0.25) is 0 Å². The van der Waals surface area contributed by atoms with E-state index in [0.717, 1.165) is 42.1 Å². The summed E-state index contributed by atoms with van der Waals surface area (Å²) in [5, 5.41) is 2.85. The van der Waals surface area contributed by atoms with Crippen LogP contribution in [0.15, 0.2) is 12.1 Å². The van der Waals surface area contributed by atoms with E-state index in [1.807, 2.05) is 12.1 Å². The van der Waals surface area contributed by atoms with E-state index in [0.29, 0.717) is 13.2 Å². The molecule has 0 fully saturated rings. The molecule has 118 valence electrons. The number of nitrogens with two attached hydrogens (primary N) is 1. The summed E-state index contributed by atoms with van der Waals surface area (Å²) < 4.78 is 5.63. The third-order valence-electron chi connectivity index (χ3n) is 4.49. The van der Waals surface area contributed by atoms with Crippen LogP contribution < -0.4 is 20.7 Å². The number of amides is 2. The van der Waals surface area contributed by atoms with Crippen molar-refractivity contribution >= 4 is 18.0 Å². The minimum absolute atomic E-state index is 0.139. The lowest BCUT2D eigenvalue weighted by atomic mass is 9.92. The molecular formula is C16H22N3O3+. The highest BCUT2D eigenvalue weighted by Crippen LogP contribution is 2.39. The van der Waals surface area contributed by atoms with Gasteiger partial charge in [0.15, 0.2) is 0 Å². The Labute approximate surface area is 129 Å². The fourth-order valence-electron chi connectivity index (χ4n) is 3.41. The summed E-state index contributed by atoms with van der Waals surface area (Å²) in [4.78, 5) is 23.7. The molecule has 4 N–H and O–H groups in total. The van der Waals surface area contributed by atoms with E-state index in [4.69, 9.17) is 10.5 Å². The number of quaternary nitrogens is 1. The Kier molecular flexibility index (Phi) is 4.13. The molecule has 0 bridgehead atoms. The van der Waals surface area contributed by atoms with Gasteiger partial charge in [0.2, 0.25) is 5.91 Å². The number of hydrogen-bond acceptors (Lipinski definition) is 4. The Morgan fingerprint density at radius 1 is 1.59 bits per heavy atom. The number of carbonyl (C=O) groups is 2. The van der Waals surface area contributed by atoms with Gasteiger partial charge in [-0.15, -0.1) is 0 Å². The first kappa shape index (κ1) is 15.0. The first-order valence-corrected chi connectivity index (χ1v) is 7.75. The van der Waals surface area contributed by atoms with E-state index < -0.39 is 6.04 Å². The number of benzene rings is 1. The predicted molar refractivity (Wildman–Crippen MR) is 81.2 cm³/mol. The summed E-state index contributed by atoms with van der Waals surface area (Å²) in [6, 6.07) is 3.46. The number of nitrogens with one attached hydrogen (secondary N) is 2. The Morgan fingerprint density at radius 2 is 2.41 bits per heavy atom. The zero-order valence-corrected chi connectivity index (χ0v) is 12.7. The molecule has 0 aliphatic carbocycles. The molecule has 3 rings (SSSR count). The van der Waals surface area contributed by atoms with Crippen molar-refractivity contribution in [1.82, 2.24) is 5.32 Å². The van der Waals surface area contributed by atoms with E-state index in [-0.39, 0.29) is 11.8 Å². The molecule has 0 spiro atoms. The number of rotatable bonds is 5. The maximum absolute atomic E-state index is 11.6. The monoisotopic (exact) mass is 304 g/mol. The first-order chi connectivity index (χ1) is 10.6. The summed E-state index contributed by atoms with van der Waals surface area (Å²) in [6.45, 7) is 3.68. The van der Waals surface area contributed by atoms with Crippen molar-refractivity contribution in [2.45, 2.75) is 31.7 Å². The van der Waals surface area contributed by atoms with Gasteiger partial charge in [-0.1, -0.05) is 0 Å². The Hall–Kier alpha value is -1.92. The standard InChI is InChI=1S/C16H21N3O3/c1-10(17)16(21)18-6-4-11-8-19(9-20)13-2-3-14-12(15(11)13)5-7-22-14/h2-3,9-11H,4-8,17H2,1H3,(H,18,21)/p+1. The Balaban J connectivity index is 1.77. The SMILES string of the molecule is CC(N)C(=O)NCCC1C[NH+](C=O)c2ccc3c(c21)CCO3. The smallest absolute Gasteiger partial charge is 0.304 e. The molecule has 0 aromatic heterocycles. The zero-order chi connectivity index (χ0) is 15.7. The average Bonchev–Trinajstić information content (AvgIpc) is 3.10. The molecular weight excluding hydrogens is 282 g/mol. The van der Waals surface area contributed by atoms with Crippen molar-refractivity contribution in [3.05, 3.63) is 23.3 Å². The fraction of sp³-hybridized carbons (Fsp3) is 0.500. The van der Waals surface area contributed by atoms with Gasteiger partial charge in [0.05, 0.1) is 19.2 Å². The lowest BCUT2D eigenvalue weighted by Gasteiger charge is -2.12. The second-order valence-electron chi connectivity index (χ2n) is 6.01. The van der Waals surface area contributed by atoms with Gasteiger partial charge >= 0.3 is 6.41 Å². The summed E-state index contributed by atoms with van der Waals surface area (Å²) in [6.07, 6.45) is 2.66. The van der Waals surface area contributed by atoms with Crippen molar-refractivity contribution < 1.29 is 19.2 Å². The minimum atomic E-state index is -0.495. The second kappa shape index (κ2) is 6.06. The highest BCUT2D eigenvalue weighted by Gasteiger charge is 2.37. The van der Waals surface area contributed by atoms with Crippen molar-refractivity contribution in [3.63, 3.8) is 0 Å². The number of ether oxygens (including phenoxy) is 1. The molecule has 0 saturated carbocycles. The number of hydrogen-bond donors (Lipinski definition) is 3. The molecule has 22 heavy (non-hydrogen) atoms. The molecule has 3 atom stereocenters. The summed E-state index contributed by atoms with van der Waals surface area (Å²) in [5.74, 6) is 1.06. The molecule has 3 unspecified atom stereocenters. The Bertz CT molecular complexity index is 601. The van der Waals surface area contributed by atoms with Crippen molar-refractivity contribution in [3.8, 4) is 5.75 Å². The van der Waals surface area contributed by atoms with Crippen molar-refractivity contribution in [1.29, 1.82) is 0 Å². The normalized spacial score (nSPS) is 23.4. The van der Waals surface area contributed by atoms with Gasteiger partial charge in [0, 0.05) is 36.1 Å². The molecule has 6 heteroatoms. The highest BCUT2D eigenvalue weighted by atomic mass is 16.5. The van der Waals surface area contributed by atoms with Crippen LogP contribution in [0.4, 0.5) is 5.69 Å². The molecule has 6 nitrogen and oxygen atoms in total. The molecule has 1 aromatic rings. The molecule has 2 heterocycles. The lowest BCUT2D eigenvalue weighted by molar-refractivity contribution is -0.732. The van der Waals surface area contributed by atoms with Crippen LogP contribution >= 0.6 is 0 Å². The fourth-order valence-corrected chi connectivity index (χ4v) is 3.41. The van der Waals surface area contributed by atoms with E-state index in [1.165, 1.54) is 11.1 Å². The Morgan fingerprint density at radius 3 is 3.14 bits per heavy atom. The highest BCUT2D eigenvalue weighted by molar-refractivity contribution is 5.80. The van der Waals surface area contributed by atoms with Crippen LogP contribution in [0.1, 0.15) is 30.4 Å². The third kappa shape index (κ3) is 2.60. The van der Waals surface area contributed by atoms with Gasteiger partial charge in [-0.3, -0.25) is 4.79 Å². The van der Waals surface area contributed by atoms with E-state index >= 15 is 0 Å². The number of fused-ring (bicyclic) bond motifs is 3. The largest absolute Gasteiger partial charge is 0.493 e. The molecule has 0 radical (unpaired) electrons. The molecule has 2 aliphatic heterocycles. The maximum atomic E-state index is 11.6. The topological polar surface area (TPSA) is 85.9 Å². The lowest BCUT2D eigenvalue weighted by Crippen LogP contribution is -3.05. The van der Waals surface area contributed by atoms with Crippen LogP contribution in [0, 0.1) is 0 Å². The van der Waals surface area contributed by atoms with E-state index in [1.54, 1.807) is 6.92 Å². The predicted octanol–water partition coefficient (Wildman–Crippen LogP) is -0.755. The summed E-state index contributed by atoms with van der Waals surface area (Å²) in [7, 11) is 0. The first-order valence-electron chi connectivity index (χ1n) is 7.75. The van der Waals surface area contributed by atoms with Gasteiger partial charge < -0.3 is 15.8 Å². The molecule has 0 saturated heterocycles. The van der Waals surface area contributed by atoms with Crippen LogP contribution in [0.5, 0.6) is 5.75 Å². The van der Waals surface area contributed by atoms with Gasteiger partial charge in [-0.2, -0.15) is 0 Å². The van der Waals surface area contributed by atoms with Gasteiger partial charge in [-0.05, 0) is 19.4 Å². The van der Waals surface area contributed by atoms with E-state index in [2.05, 4.69) is 5.32 Å². The van der Waals surface area contributed by atoms with Crippen LogP contribution in [-0.4, -0.2) is 38.1 Å². The second-order valence-corrected chi connectivity index (χ2v) is 6.01. The molecule has 2 amide bonds. The summed E-state index contributed by atoms with van der Waals surface area (Å²) >= 11 is 0. The summed E-state index contributed by atoms with van der Waals surface area (Å²) in [5.41, 5.74) is 9.08. The third-order valence-corrected chi connectivity index (χ3v) is 4.49. The van der Waals surface area contributed by atoms with Crippen molar-refractivity contribution in [2.24, 2.45) is 5.73 Å². The van der Waals surface area contributed by atoms with Crippen molar-refractivity contribution in [2.75, 3.05) is 19.7 Å². The van der Waals surface area contributed by atoms with Crippen LogP contribution in [0.3, 0.4) is 0 Å². The van der Waals surface area contributed by atoms with Gasteiger partial charge in [0.1, 0.15) is 11.4 Å². The minimum Gasteiger partial charge on any atom is -0.493 e. The quantitative estimate of drug-likeness (QED) is 0.625. The molecule has 1 aromatic carbocycles. The zero-order valence-electron chi connectivity index (χ0n) is 12.7.